The Morgan fingerprint density at radius 2 is 1.85 bits per heavy atom. The molecular weight excluding hydrogens is 406 g/mol. The van der Waals surface area contributed by atoms with Crippen LogP contribution < -0.4 is 10.2 Å². The zero-order valence-electron chi connectivity index (χ0n) is 16.2. The number of benzene rings is 1. The van der Waals surface area contributed by atoms with Crippen molar-refractivity contribution in [3.8, 4) is 0 Å². The quantitative estimate of drug-likeness (QED) is 0.733. The number of halogens is 1. The summed E-state index contributed by atoms with van der Waals surface area (Å²) < 4.78 is 0.763. The summed E-state index contributed by atoms with van der Waals surface area (Å²) in [5, 5.41) is 10.1. The third kappa shape index (κ3) is 4.71. The molecule has 146 valence electrons. The zero-order chi connectivity index (χ0) is 19.4. The molecule has 0 saturated carbocycles. The first-order valence-corrected chi connectivity index (χ1v) is 10.3. The smallest absolute Gasteiger partial charge is 0.273 e. The highest BCUT2D eigenvalue weighted by atomic mass is 79.9. The number of amides is 1. The van der Waals surface area contributed by atoms with Gasteiger partial charge in [-0.3, -0.25) is 14.8 Å². The summed E-state index contributed by atoms with van der Waals surface area (Å²) >= 11 is 3.49. The number of rotatable bonds is 6. The van der Waals surface area contributed by atoms with Gasteiger partial charge in [-0.15, -0.1) is 0 Å². The number of nitrogens with zero attached hydrogens (tertiary/aromatic N) is 3. The van der Waals surface area contributed by atoms with Gasteiger partial charge in [-0.05, 0) is 40.9 Å². The number of carbonyl (C=O) groups excluding carboxylic acids is 1. The van der Waals surface area contributed by atoms with Crippen molar-refractivity contribution in [3.05, 3.63) is 46.2 Å². The van der Waals surface area contributed by atoms with E-state index in [1.165, 1.54) is 5.69 Å². The Kier molecular flexibility index (Phi) is 6.55. The van der Waals surface area contributed by atoms with E-state index >= 15 is 0 Å². The number of H-pyrrole nitrogens is 1. The highest BCUT2D eigenvalue weighted by molar-refractivity contribution is 9.10. The van der Waals surface area contributed by atoms with Crippen molar-refractivity contribution >= 4 is 27.5 Å². The first-order chi connectivity index (χ1) is 13.0. The van der Waals surface area contributed by atoms with Crippen molar-refractivity contribution in [1.29, 1.82) is 0 Å². The predicted molar refractivity (Wildman–Crippen MR) is 112 cm³/mol. The van der Waals surface area contributed by atoms with Crippen LogP contribution >= 0.6 is 15.9 Å². The Morgan fingerprint density at radius 1 is 1.19 bits per heavy atom. The van der Waals surface area contributed by atoms with Crippen LogP contribution in [0.3, 0.4) is 0 Å². The molecule has 0 bridgehead atoms. The summed E-state index contributed by atoms with van der Waals surface area (Å²) in [5.41, 5.74) is 2.66. The third-order valence-electron chi connectivity index (χ3n) is 5.14. The molecule has 1 aliphatic rings. The average Bonchev–Trinajstić information content (AvgIpc) is 3.08. The van der Waals surface area contributed by atoms with Gasteiger partial charge in [0.25, 0.3) is 5.91 Å². The minimum Gasteiger partial charge on any atom is -0.369 e. The van der Waals surface area contributed by atoms with Crippen LogP contribution in [0, 0.1) is 0 Å². The van der Waals surface area contributed by atoms with Crippen molar-refractivity contribution in [3.63, 3.8) is 0 Å². The fraction of sp³-hybridized carbons (Fsp3) is 0.500. The number of aromatic nitrogens is 2. The fourth-order valence-electron chi connectivity index (χ4n) is 3.39. The van der Waals surface area contributed by atoms with E-state index in [4.69, 9.17) is 0 Å². The lowest BCUT2D eigenvalue weighted by Crippen LogP contribution is -2.52. The summed E-state index contributed by atoms with van der Waals surface area (Å²) in [5.74, 6) is 0.146. The van der Waals surface area contributed by atoms with E-state index in [9.17, 15) is 4.79 Å². The Hall–Kier alpha value is -1.86. The second-order valence-electron chi connectivity index (χ2n) is 7.37. The number of hydrogen-bond donors (Lipinski definition) is 2. The Bertz CT molecular complexity index is 753. The summed E-state index contributed by atoms with van der Waals surface area (Å²) in [7, 11) is 0. The number of nitrogens with one attached hydrogen (secondary N) is 2. The van der Waals surface area contributed by atoms with Crippen LogP contribution in [0.5, 0.6) is 0 Å². The normalized spacial score (nSPS) is 16.6. The maximum Gasteiger partial charge on any atom is 0.273 e. The molecule has 2 aromatic rings. The minimum absolute atomic E-state index is 0.139. The van der Waals surface area contributed by atoms with Crippen molar-refractivity contribution in [2.75, 3.05) is 37.6 Å². The van der Waals surface area contributed by atoms with Crippen LogP contribution in [-0.4, -0.2) is 59.8 Å². The highest BCUT2D eigenvalue weighted by Gasteiger charge is 2.23. The van der Waals surface area contributed by atoms with E-state index in [1.54, 1.807) is 0 Å². The summed E-state index contributed by atoms with van der Waals surface area (Å²) in [6.45, 7) is 10.9. The summed E-state index contributed by atoms with van der Waals surface area (Å²) in [4.78, 5) is 17.3. The molecular formula is C20H28BrN5O. The van der Waals surface area contributed by atoms with Crippen LogP contribution in [0.25, 0.3) is 0 Å². The maximum atomic E-state index is 12.5. The molecule has 0 radical (unpaired) electrons. The van der Waals surface area contributed by atoms with Crippen LogP contribution in [0.15, 0.2) is 34.8 Å². The van der Waals surface area contributed by atoms with Crippen molar-refractivity contribution < 1.29 is 4.79 Å². The molecule has 27 heavy (non-hydrogen) atoms. The number of carbonyl (C=O) groups is 1. The maximum absolute atomic E-state index is 12.5. The van der Waals surface area contributed by atoms with Gasteiger partial charge >= 0.3 is 0 Å². The Labute approximate surface area is 169 Å². The van der Waals surface area contributed by atoms with Gasteiger partial charge in [0.1, 0.15) is 0 Å². The Balaban J connectivity index is 1.49. The fourth-order valence-corrected chi connectivity index (χ4v) is 4.20. The van der Waals surface area contributed by atoms with E-state index in [1.807, 2.05) is 6.07 Å². The summed E-state index contributed by atoms with van der Waals surface area (Å²) in [6.07, 6.45) is 0. The lowest BCUT2D eigenvalue weighted by Gasteiger charge is -2.39. The first kappa shape index (κ1) is 19.9. The number of para-hydroxylation sites is 1. The SMILES string of the molecule is CC(C)c1[nH]nc(C(=O)NCC(C)N2CCN(c3ccccc3)CC2)c1Br. The van der Waals surface area contributed by atoms with Gasteiger partial charge in [-0.2, -0.15) is 5.10 Å². The van der Waals surface area contributed by atoms with Gasteiger partial charge in [0.15, 0.2) is 5.69 Å². The standard InChI is InChI=1S/C20H28BrN5O/c1-14(2)18-17(21)19(24-23-18)20(27)22-13-15(3)25-9-11-26(12-10-25)16-7-5-4-6-8-16/h4-8,14-15H,9-13H2,1-3H3,(H,22,27)(H,23,24). The lowest BCUT2D eigenvalue weighted by molar-refractivity contribution is 0.0928. The Morgan fingerprint density at radius 3 is 2.44 bits per heavy atom. The van der Waals surface area contributed by atoms with Gasteiger partial charge in [0, 0.05) is 44.5 Å². The van der Waals surface area contributed by atoms with Crippen LogP contribution in [-0.2, 0) is 0 Å². The predicted octanol–water partition coefficient (Wildman–Crippen LogP) is 3.24. The zero-order valence-corrected chi connectivity index (χ0v) is 17.8. The minimum atomic E-state index is -0.139. The van der Waals surface area contributed by atoms with Gasteiger partial charge in [0.05, 0.1) is 10.2 Å². The van der Waals surface area contributed by atoms with Gasteiger partial charge < -0.3 is 10.2 Å². The molecule has 1 amide bonds. The molecule has 2 heterocycles. The number of aromatic amines is 1. The second kappa shape index (κ2) is 8.89. The monoisotopic (exact) mass is 433 g/mol. The molecule has 0 aliphatic carbocycles. The van der Waals surface area contributed by atoms with Crippen LogP contribution in [0.1, 0.15) is 42.9 Å². The van der Waals surface area contributed by atoms with Crippen molar-refractivity contribution in [2.45, 2.75) is 32.7 Å². The number of piperazine rings is 1. The second-order valence-corrected chi connectivity index (χ2v) is 8.17. The molecule has 3 rings (SSSR count). The number of anilines is 1. The molecule has 1 aliphatic heterocycles. The third-order valence-corrected chi connectivity index (χ3v) is 5.94. The first-order valence-electron chi connectivity index (χ1n) is 9.53. The molecule has 1 aromatic carbocycles. The van der Waals surface area contributed by atoms with Crippen LogP contribution in [0.4, 0.5) is 5.69 Å². The molecule has 1 aromatic heterocycles. The number of hydrogen-bond acceptors (Lipinski definition) is 4. The topological polar surface area (TPSA) is 64.3 Å². The summed E-state index contributed by atoms with van der Waals surface area (Å²) in [6, 6.07) is 10.8. The van der Waals surface area contributed by atoms with E-state index < -0.39 is 0 Å². The van der Waals surface area contributed by atoms with E-state index in [-0.39, 0.29) is 17.9 Å². The van der Waals surface area contributed by atoms with Gasteiger partial charge in [0.2, 0.25) is 0 Å². The van der Waals surface area contributed by atoms with Crippen LogP contribution in [0.2, 0.25) is 0 Å². The molecule has 1 unspecified atom stereocenters. The molecule has 1 atom stereocenters. The largest absolute Gasteiger partial charge is 0.369 e. The molecule has 1 fully saturated rings. The van der Waals surface area contributed by atoms with E-state index in [0.717, 1.165) is 36.3 Å². The molecule has 1 saturated heterocycles. The highest BCUT2D eigenvalue weighted by Crippen LogP contribution is 2.25. The lowest BCUT2D eigenvalue weighted by atomic mass is 10.1. The van der Waals surface area contributed by atoms with Crippen molar-refractivity contribution in [2.24, 2.45) is 0 Å². The average molecular weight is 434 g/mol. The molecule has 2 N–H and O–H groups in total. The van der Waals surface area contributed by atoms with Gasteiger partial charge in [-0.25, -0.2) is 0 Å². The van der Waals surface area contributed by atoms with E-state index in [2.05, 4.69) is 86.3 Å². The van der Waals surface area contributed by atoms with Crippen molar-refractivity contribution in [1.82, 2.24) is 20.4 Å². The molecule has 0 spiro atoms. The molecule has 7 heteroatoms. The van der Waals surface area contributed by atoms with E-state index in [0.29, 0.717) is 12.2 Å². The molecule has 6 nitrogen and oxygen atoms in total. The van der Waals surface area contributed by atoms with Gasteiger partial charge in [-0.1, -0.05) is 32.0 Å².